The van der Waals surface area contributed by atoms with Gasteiger partial charge in [0.05, 0.1) is 7.51 Å². The van der Waals surface area contributed by atoms with Crippen molar-refractivity contribution >= 4 is 19.3 Å². The third-order valence-corrected chi connectivity index (χ3v) is 1.87. The first kappa shape index (κ1) is 7.80. The maximum absolute atomic E-state index is 4.71. The zero-order valence-electron chi connectivity index (χ0n) is 5.45. The second-order valence-electron chi connectivity index (χ2n) is 1.91. The van der Waals surface area contributed by atoms with Crippen LogP contribution in [-0.4, -0.2) is 0 Å². The topological polar surface area (TPSA) is 12.0 Å². The van der Waals surface area contributed by atoms with E-state index in [9.17, 15) is 0 Å². The standard InChI is InChI=1S/C7H8NPS/c10-9-8-6-7-4-2-1-3-5-7/h1-5H,6H2,(H,8,10). The Kier molecular flexibility index (Phi) is 3.52. The predicted molar refractivity (Wildman–Crippen MR) is 47.6 cm³/mol. The minimum atomic E-state index is 0.823. The molecular weight excluding hydrogens is 161 g/mol. The van der Waals surface area contributed by atoms with Gasteiger partial charge in [0, 0.05) is 6.54 Å². The Labute approximate surface area is 67.4 Å². The average Bonchev–Trinajstić information content (AvgIpc) is 2.03. The zero-order chi connectivity index (χ0) is 7.23. The molecule has 1 rings (SSSR count). The molecular formula is C7H8NPS. The fourth-order valence-electron chi connectivity index (χ4n) is 0.719. The SMILES string of the molecule is S=PNCc1ccccc1. The molecule has 0 heterocycles. The molecule has 0 amide bonds. The lowest BCUT2D eigenvalue weighted by Crippen LogP contribution is -1.97. The summed E-state index contributed by atoms with van der Waals surface area (Å²) in [5.41, 5.74) is 1.28. The van der Waals surface area contributed by atoms with Crippen LogP contribution in [0, 0.1) is 0 Å². The van der Waals surface area contributed by atoms with Gasteiger partial charge < -0.3 is 0 Å². The van der Waals surface area contributed by atoms with Crippen molar-refractivity contribution in [2.75, 3.05) is 0 Å². The Hall–Kier alpha value is -0.300. The summed E-state index contributed by atoms with van der Waals surface area (Å²) in [6, 6.07) is 10.2. The minimum absolute atomic E-state index is 0.823. The summed E-state index contributed by atoms with van der Waals surface area (Å²) in [5.74, 6) is 0. The lowest BCUT2D eigenvalue weighted by atomic mass is 10.2. The van der Waals surface area contributed by atoms with Gasteiger partial charge in [0.2, 0.25) is 0 Å². The molecule has 0 unspecified atom stereocenters. The molecule has 1 aromatic carbocycles. The molecule has 1 nitrogen and oxygen atoms in total. The number of rotatable bonds is 3. The van der Waals surface area contributed by atoms with Crippen molar-refractivity contribution in [3.8, 4) is 0 Å². The van der Waals surface area contributed by atoms with Crippen LogP contribution in [0.4, 0.5) is 0 Å². The molecule has 0 bridgehead atoms. The Morgan fingerprint density at radius 1 is 1.30 bits per heavy atom. The quantitative estimate of drug-likeness (QED) is 0.695. The lowest BCUT2D eigenvalue weighted by molar-refractivity contribution is 0.978. The molecule has 0 aliphatic carbocycles. The van der Waals surface area contributed by atoms with E-state index in [2.05, 4.69) is 17.2 Å². The van der Waals surface area contributed by atoms with E-state index in [-0.39, 0.29) is 0 Å². The second-order valence-corrected chi connectivity index (χ2v) is 2.96. The van der Waals surface area contributed by atoms with Gasteiger partial charge in [-0.15, -0.1) is 0 Å². The Balaban J connectivity index is 2.50. The summed E-state index contributed by atoms with van der Waals surface area (Å²) in [6.45, 7) is 0.867. The van der Waals surface area contributed by atoms with E-state index >= 15 is 0 Å². The van der Waals surface area contributed by atoms with E-state index in [4.69, 9.17) is 11.8 Å². The van der Waals surface area contributed by atoms with Crippen molar-refractivity contribution in [1.29, 1.82) is 0 Å². The van der Waals surface area contributed by atoms with Crippen molar-refractivity contribution in [2.24, 2.45) is 0 Å². The lowest BCUT2D eigenvalue weighted by Gasteiger charge is -1.95. The first-order chi connectivity index (χ1) is 4.93. The van der Waals surface area contributed by atoms with E-state index in [0.29, 0.717) is 0 Å². The van der Waals surface area contributed by atoms with Gasteiger partial charge in [0.15, 0.2) is 0 Å². The van der Waals surface area contributed by atoms with Gasteiger partial charge >= 0.3 is 0 Å². The molecule has 52 valence electrons. The average molecular weight is 169 g/mol. The number of benzene rings is 1. The maximum atomic E-state index is 4.71. The minimum Gasteiger partial charge on any atom is -0.257 e. The van der Waals surface area contributed by atoms with Crippen molar-refractivity contribution in [3.63, 3.8) is 0 Å². The molecule has 0 saturated heterocycles. The molecule has 0 saturated carbocycles. The molecule has 0 radical (unpaired) electrons. The Bertz CT molecular complexity index is 200. The summed E-state index contributed by atoms with van der Waals surface area (Å²) in [6.07, 6.45) is 0. The van der Waals surface area contributed by atoms with Crippen LogP contribution in [0.25, 0.3) is 0 Å². The summed E-state index contributed by atoms with van der Waals surface area (Å²) in [4.78, 5) is 0. The fourth-order valence-corrected chi connectivity index (χ4v) is 1.16. The van der Waals surface area contributed by atoms with Gasteiger partial charge in [-0.05, 0) is 17.4 Å². The smallest absolute Gasteiger partial charge is 0.0588 e. The van der Waals surface area contributed by atoms with Gasteiger partial charge in [0.25, 0.3) is 0 Å². The van der Waals surface area contributed by atoms with Crippen LogP contribution in [0.1, 0.15) is 5.56 Å². The molecule has 0 spiro atoms. The Morgan fingerprint density at radius 3 is 2.60 bits per heavy atom. The highest BCUT2D eigenvalue weighted by molar-refractivity contribution is 7.95. The van der Waals surface area contributed by atoms with Gasteiger partial charge in [-0.25, -0.2) is 0 Å². The molecule has 10 heavy (non-hydrogen) atoms. The number of hydrogen-bond acceptors (Lipinski definition) is 1. The van der Waals surface area contributed by atoms with Crippen LogP contribution in [0.15, 0.2) is 30.3 Å². The third kappa shape index (κ3) is 2.53. The first-order valence-corrected chi connectivity index (χ1v) is 4.93. The highest BCUT2D eigenvalue weighted by Crippen LogP contribution is 1.98. The molecule has 0 aliphatic heterocycles. The fraction of sp³-hybridized carbons (Fsp3) is 0.143. The van der Waals surface area contributed by atoms with Crippen molar-refractivity contribution in [2.45, 2.75) is 6.54 Å². The highest BCUT2D eigenvalue weighted by atomic mass is 32.4. The molecule has 0 fully saturated rings. The summed E-state index contributed by atoms with van der Waals surface area (Å²) < 4.78 is 0. The van der Waals surface area contributed by atoms with E-state index in [1.807, 2.05) is 18.2 Å². The normalized spacial score (nSPS) is 10.0. The monoisotopic (exact) mass is 169 g/mol. The molecule has 0 aliphatic rings. The zero-order valence-corrected chi connectivity index (χ0v) is 7.16. The summed E-state index contributed by atoms with van der Waals surface area (Å²) in [5, 5.41) is 3.05. The van der Waals surface area contributed by atoms with Crippen LogP contribution in [0.5, 0.6) is 0 Å². The van der Waals surface area contributed by atoms with Crippen LogP contribution in [0.2, 0.25) is 0 Å². The van der Waals surface area contributed by atoms with E-state index in [1.54, 1.807) is 0 Å². The van der Waals surface area contributed by atoms with Crippen molar-refractivity contribution in [3.05, 3.63) is 35.9 Å². The molecule has 1 aromatic rings. The van der Waals surface area contributed by atoms with E-state index in [0.717, 1.165) is 14.1 Å². The van der Waals surface area contributed by atoms with Crippen molar-refractivity contribution < 1.29 is 0 Å². The van der Waals surface area contributed by atoms with Crippen LogP contribution in [0.3, 0.4) is 0 Å². The van der Waals surface area contributed by atoms with Crippen LogP contribution >= 0.6 is 7.51 Å². The predicted octanol–water partition coefficient (Wildman–Crippen LogP) is 2.10. The molecule has 0 aromatic heterocycles. The Morgan fingerprint density at radius 2 is 2.00 bits per heavy atom. The van der Waals surface area contributed by atoms with E-state index < -0.39 is 0 Å². The summed E-state index contributed by atoms with van der Waals surface area (Å²) >= 11 is 4.71. The van der Waals surface area contributed by atoms with E-state index in [1.165, 1.54) is 5.56 Å². The van der Waals surface area contributed by atoms with Gasteiger partial charge in [-0.3, -0.25) is 5.09 Å². The third-order valence-electron chi connectivity index (χ3n) is 1.19. The van der Waals surface area contributed by atoms with Crippen LogP contribution in [-0.2, 0) is 18.4 Å². The van der Waals surface area contributed by atoms with Gasteiger partial charge in [-0.2, -0.15) is 0 Å². The van der Waals surface area contributed by atoms with Crippen LogP contribution < -0.4 is 5.09 Å². The molecule has 1 N–H and O–H groups in total. The van der Waals surface area contributed by atoms with Gasteiger partial charge in [-0.1, -0.05) is 30.3 Å². The number of hydrogen-bond donors (Lipinski definition) is 1. The van der Waals surface area contributed by atoms with Crippen molar-refractivity contribution in [1.82, 2.24) is 5.09 Å². The highest BCUT2D eigenvalue weighted by Gasteiger charge is 1.85. The number of nitrogens with one attached hydrogen (secondary N) is 1. The summed E-state index contributed by atoms with van der Waals surface area (Å²) in [7, 11) is 0.823. The second kappa shape index (κ2) is 4.51. The largest absolute Gasteiger partial charge is 0.257 e. The molecule has 3 heteroatoms. The maximum Gasteiger partial charge on any atom is 0.0588 e. The molecule has 0 atom stereocenters. The van der Waals surface area contributed by atoms with Gasteiger partial charge in [0.1, 0.15) is 0 Å². The first-order valence-electron chi connectivity index (χ1n) is 3.02.